The van der Waals surface area contributed by atoms with E-state index in [0.717, 1.165) is 12.0 Å². The van der Waals surface area contributed by atoms with E-state index in [1.165, 1.54) is 32.1 Å². The maximum atomic E-state index is 12.5. The molecule has 0 aliphatic rings. The van der Waals surface area contributed by atoms with Crippen LogP contribution in [0.1, 0.15) is 33.6 Å². The maximum Gasteiger partial charge on any atom is 0.200 e. The zero-order chi connectivity index (χ0) is 12.6. The lowest BCUT2D eigenvalue weighted by Gasteiger charge is -1.99. The molecule has 1 nitrogen and oxygen atoms in total. The summed E-state index contributed by atoms with van der Waals surface area (Å²) in [4.78, 5) is 0. The van der Waals surface area contributed by atoms with E-state index in [0.29, 0.717) is 0 Å². The van der Waals surface area contributed by atoms with Crippen LogP contribution in [0.15, 0.2) is 18.2 Å². The number of hydrogen-bond acceptors (Lipinski definition) is 1. The summed E-state index contributed by atoms with van der Waals surface area (Å²) in [7, 11) is 1.29. The fraction of sp³-hybridized carbons (Fsp3) is 0.538. The second-order valence-corrected chi connectivity index (χ2v) is 3.94. The molecule has 92 valence electrons. The van der Waals surface area contributed by atoms with E-state index in [1.807, 2.05) is 0 Å². The van der Waals surface area contributed by atoms with Crippen molar-refractivity contribution in [2.24, 2.45) is 5.92 Å². The number of halogens is 2. The van der Waals surface area contributed by atoms with Crippen LogP contribution < -0.4 is 4.74 Å². The highest BCUT2D eigenvalue weighted by Gasteiger charge is 2.05. The normalized spacial score (nSPS) is 9.69. The number of hydrogen-bond donors (Lipinski definition) is 0. The average molecular weight is 230 g/mol. The Morgan fingerprint density at radius 2 is 1.88 bits per heavy atom. The van der Waals surface area contributed by atoms with Gasteiger partial charge in [0.1, 0.15) is 0 Å². The third-order valence-corrected chi connectivity index (χ3v) is 2.00. The van der Waals surface area contributed by atoms with Crippen LogP contribution in [0.4, 0.5) is 8.78 Å². The first-order valence-electron chi connectivity index (χ1n) is 5.50. The summed E-state index contributed by atoms with van der Waals surface area (Å²) in [6.07, 6.45) is 2.71. The van der Waals surface area contributed by atoms with Gasteiger partial charge in [-0.1, -0.05) is 39.7 Å². The Balaban J connectivity index is 0.000000325. The fourth-order valence-corrected chi connectivity index (χ4v) is 1.22. The quantitative estimate of drug-likeness (QED) is 0.747. The number of benzene rings is 1. The summed E-state index contributed by atoms with van der Waals surface area (Å²) in [5.41, 5.74) is 0. The molecule has 0 heterocycles. The van der Waals surface area contributed by atoms with Crippen molar-refractivity contribution >= 4 is 0 Å². The van der Waals surface area contributed by atoms with E-state index in [4.69, 9.17) is 0 Å². The lowest BCUT2D eigenvalue weighted by molar-refractivity contribution is 0.372. The molecule has 3 heteroatoms. The number of ether oxygens (including phenoxy) is 1. The molecule has 0 N–H and O–H groups in total. The highest BCUT2D eigenvalue weighted by atomic mass is 19.2. The van der Waals surface area contributed by atoms with E-state index in [2.05, 4.69) is 25.5 Å². The zero-order valence-corrected chi connectivity index (χ0v) is 10.4. The third kappa shape index (κ3) is 5.69. The standard InChI is InChI=1S/C7H6F2O.C6H14/c1-10-6-4-2-3-5(8)7(6)9;1-4-5-6(2)3/h2-4H,1H3;6H,4-5H2,1-3H3. The van der Waals surface area contributed by atoms with Gasteiger partial charge in [0.15, 0.2) is 11.6 Å². The predicted molar refractivity (Wildman–Crippen MR) is 62.7 cm³/mol. The Hall–Kier alpha value is -1.12. The van der Waals surface area contributed by atoms with Crippen LogP contribution in [-0.2, 0) is 0 Å². The molecule has 0 aliphatic heterocycles. The minimum Gasteiger partial charge on any atom is -0.494 e. The highest BCUT2D eigenvalue weighted by Crippen LogP contribution is 2.17. The molecule has 0 unspecified atom stereocenters. The van der Waals surface area contributed by atoms with Crippen molar-refractivity contribution in [3.63, 3.8) is 0 Å². The molecule has 1 aromatic carbocycles. The Labute approximate surface area is 96.4 Å². The summed E-state index contributed by atoms with van der Waals surface area (Å²) >= 11 is 0. The average Bonchev–Trinajstić information content (AvgIpc) is 2.23. The molecular weight excluding hydrogens is 210 g/mol. The van der Waals surface area contributed by atoms with Crippen LogP contribution in [0.3, 0.4) is 0 Å². The van der Waals surface area contributed by atoms with Crippen LogP contribution in [0.2, 0.25) is 0 Å². The molecule has 0 aromatic heterocycles. The minimum absolute atomic E-state index is 0.0694. The summed E-state index contributed by atoms with van der Waals surface area (Å²) in [5.74, 6) is -1.00. The Bertz CT molecular complexity index is 298. The SMILES string of the molecule is CCCC(C)C.COc1cccc(F)c1F. The number of methoxy groups -OCH3 is 1. The molecule has 0 amide bonds. The van der Waals surface area contributed by atoms with Crippen LogP contribution in [0.25, 0.3) is 0 Å². The first-order valence-corrected chi connectivity index (χ1v) is 5.50. The van der Waals surface area contributed by atoms with Crippen LogP contribution in [0, 0.1) is 17.6 Å². The lowest BCUT2D eigenvalue weighted by Crippen LogP contribution is -1.90. The van der Waals surface area contributed by atoms with Gasteiger partial charge in [0.25, 0.3) is 0 Å². The molecule has 1 aromatic rings. The van der Waals surface area contributed by atoms with Gasteiger partial charge in [0.05, 0.1) is 7.11 Å². The van der Waals surface area contributed by atoms with Crippen molar-refractivity contribution in [3.05, 3.63) is 29.8 Å². The molecule has 0 spiro atoms. The molecular formula is C13H20F2O. The van der Waals surface area contributed by atoms with Crippen molar-refractivity contribution in [1.82, 2.24) is 0 Å². The van der Waals surface area contributed by atoms with Crippen molar-refractivity contribution in [1.29, 1.82) is 0 Å². The van der Waals surface area contributed by atoms with E-state index in [-0.39, 0.29) is 5.75 Å². The van der Waals surface area contributed by atoms with E-state index >= 15 is 0 Å². The van der Waals surface area contributed by atoms with Crippen LogP contribution >= 0.6 is 0 Å². The van der Waals surface area contributed by atoms with Crippen molar-refractivity contribution < 1.29 is 13.5 Å². The van der Waals surface area contributed by atoms with Crippen molar-refractivity contribution in [3.8, 4) is 5.75 Å². The van der Waals surface area contributed by atoms with Gasteiger partial charge in [-0.3, -0.25) is 0 Å². The Morgan fingerprint density at radius 1 is 1.25 bits per heavy atom. The first-order chi connectivity index (χ1) is 7.52. The van der Waals surface area contributed by atoms with Gasteiger partial charge in [-0.25, -0.2) is 4.39 Å². The number of rotatable bonds is 3. The monoisotopic (exact) mass is 230 g/mol. The van der Waals surface area contributed by atoms with Crippen LogP contribution in [-0.4, -0.2) is 7.11 Å². The summed E-state index contributed by atoms with van der Waals surface area (Å²) in [6, 6.07) is 3.79. The fourth-order valence-electron chi connectivity index (χ4n) is 1.22. The summed E-state index contributed by atoms with van der Waals surface area (Å²) < 4.78 is 29.3. The van der Waals surface area contributed by atoms with Gasteiger partial charge in [-0.2, -0.15) is 4.39 Å². The zero-order valence-electron chi connectivity index (χ0n) is 10.4. The Kier molecular flexibility index (Phi) is 7.52. The summed E-state index contributed by atoms with van der Waals surface area (Å²) in [5, 5.41) is 0. The molecule has 16 heavy (non-hydrogen) atoms. The molecule has 0 saturated carbocycles. The van der Waals surface area contributed by atoms with Crippen molar-refractivity contribution in [2.45, 2.75) is 33.6 Å². The summed E-state index contributed by atoms with van der Waals surface area (Å²) in [6.45, 7) is 6.73. The second-order valence-electron chi connectivity index (χ2n) is 3.94. The van der Waals surface area contributed by atoms with Gasteiger partial charge >= 0.3 is 0 Å². The van der Waals surface area contributed by atoms with Gasteiger partial charge in [-0.05, 0) is 18.1 Å². The van der Waals surface area contributed by atoms with Gasteiger partial charge < -0.3 is 4.74 Å². The molecule has 0 atom stereocenters. The maximum absolute atomic E-state index is 12.5. The van der Waals surface area contributed by atoms with Crippen molar-refractivity contribution in [2.75, 3.05) is 7.11 Å². The Morgan fingerprint density at radius 3 is 2.19 bits per heavy atom. The predicted octanol–water partition coefficient (Wildman–Crippen LogP) is 4.42. The van der Waals surface area contributed by atoms with Gasteiger partial charge in [0, 0.05) is 0 Å². The molecule has 0 saturated heterocycles. The molecule has 0 fully saturated rings. The van der Waals surface area contributed by atoms with Gasteiger partial charge in [-0.15, -0.1) is 0 Å². The second kappa shape index (κ2) is 8.08. The van der Waals surface area contributed by atoms with Gasteiger partial charge in [0.2, 0.25) is 5.82 Å². The van der Waals surface area contributed by atoms with E-state index in [9.17, 15) is 8.78 Å². The largest absolute Gasteiger partial charge is 0.494 e. The van der Waals surface area contributed by atoms with E-state index < -0.39 is 11.6 Å². The highest BCUT2D eigenvalue weighted by molar-refractivity contribution is 5.24. The topological polar surface area (TPSA) is 9.23 Å². The minimum atomic E-state index is -0.940. The molecule has 0 radical (unpaired) electrons. The molecule has 0 bridgehead atoms. The smallest absolute Gasteiger partial charge is 0.200 e. The third-order valence-electron chi connectivity index (χ3n) is 2.00. The first kappa shape index (κ1) is 14.9. The molecule has 1 rings (SSSR count). The molecule has 0 aliphatic carbocycles. The lowest BCUT2D eigenvalue weighted by atomic mass is 10.1. The van der Waals surface area contributed by atoms with Crippen LogP contribution in [0.5, 0.6) is 5.75 Å². The van der Waals surface area contributed by atoms with E-state index in [1.54, 1.807) is 0 Å².